The maximum Gasteiger partial charge on any atom is 0.345 e. The highest BCUT2D eigenvalue weighted by molar-refractivity contribution is 5.73. The van der Waals surface area contributed by atoms with Gasteiger partial charge in [-0.05, 0) is 47.1 Å². The van der Waals surface area contributed by atoms with Gasteiger partial charge in [0.2, 0.25) is 0 Å². The second-order valence-corrected chi connectivity index (χ2v) is 7.84. The lowest BCUT2D eigenvalue weighted by molar-refractivity contribution is -0.145. The Morgan fingerprint density at radius 2 is 1.58 bits per heavy atom. The van der Waals surface area contributed by atoms with Crippen LogP contribution in [0.2, 0.25) is 0 Å². The largest absolute Gasteiger partial charge is 0.478 e. The third-order valence-electron chi connectivity index (χ3n) is 4.54. The Bertz CT molecular complexity index is 694. The molecule has 0 amide bonds. The van der Waals surface area contributed by atoms with Crippen LogP contribution in [-0.2, 0) is 23.1 Å². The van der Waals surface area contributed by atoms with Gasteiger partial charge in [-0.3, -0.25) is 0 Å². The van der Waals surface area contributed by atoms with Crippen LogP contribution in [0.15, 0.2) is 48.5 Å². The predicted octanol–water partition coefficient (Wildman–Crippen LogP) is 5.40. The average Bonchev–Trinajstić information content (AvgIpc) is 2.60. The van der Waals surface area contributed by atoms with Crippen molar-refractivity contribution in [3.63, 3.8) is 0 Å². The van der Waals surface area contributed by atoms with E-state index < -0.39 is 12.1 Å². The van der Waals surface area contributed by atoms with Crippen molar-refractivity contribution in [2.24, 2.45) is 0 Å². The smallest absolute Gasteiger partial charge is 0.345 e. The van der Waals surface area contributed by atoms with Gasteiger partial charge < -0.3 is 9.84 Å². The number of hydrogen-bond acceptors (Lipinski definition) is 2. The molecule has 0 aromatic heterocycles. The molecule has 1 N–H and O–H groups in total. The van der Waals surface area contributed by atoms with Crippen LogP contribution in [0.25, 0.3) is 0 Å². The van der Waals surface area contributed by atoms with Gasteiger partial charge >= 0.3 is 5.97 Å². The van der Waals surface area contributed by atoms with E-state index in [1.165, 1.54) is 24.0 Å². The summed E-state index contributed by atoms with van der Waals surface area (Å²) in [6, 6.07) is 15.9. The maximum absolute atomic E-state index is 11.6. The van der Waals surface area contributed by atoms with Crippen molar-refractivity contribution in [3.8, 4) is 5.75 Å². The number of carbonyl (C=O) groups is 1. The minimum absolute atomic E-state index is 0.0598. The molecule has 0 spiro atoms. The number of aliphatic carboxylic acids is 1. The minimum atomic E-state index is -0.944. The molecule has 0 aliphatic carbocycles. The number of rotatable bonds is 8. The van der Waals surface area contributed by atoms with Crippen LogP contribution in [0.5, 0.6) is 5.75 Å². The Morgan fingerprint density at radius 3 is 2.08 bits per heavy atom. The van der Waals surface area contributed by atoms with Gasteiger partial charge in [0.05, 0.1) is 0 Å². The first-order valence-corrected chi connectivity index (χ1v) is 9.37. The van der Waals surface area contributed by atoms with E-state index in [4.69, 9.17) is 4.74 Å². The molecule has 0 saturated carbocycles. The number of ether oxygens (including phenoxy) is 1. The number of hydrogen-bond donors (Lipinski definition) is 1. The summed E-state index contributed by atoms with van der Waals surface area (Å²) < 4.78 is 5.74. The van der Waals surface area contributed by atoms with Crippen LogP contribution in [0.3, 0.4) is 0 Å². The third kappa shape index (κ3) is 5.91. The Morgan fingerprint density at radius 1 is 1.00 bits per heavy atom. The van der Waals surface area contributed by atoms with Crippen molar-refractivity contribution in [2.75, 3.05) is 0 Å². The monoisotopic (exact) mass is 354 g/mol. The highest BCUT2D eigenvalue weighted by Gasteiger charge is 2.21. The van der Waals surface area contributed by atoms with E-state index in [-0.39, 0.29) is 5.41 Å². The van der Waals surface area contributed by atoms with E-state index in [9.17, 15) is 9.90 Å². The molecule has 140 valence electrons. The Labute approximate surface area is 157 Å². The molecule has 0 saturated heterocycles. The van der Waals surface area contributed by atoms with Gasteiger partial charge in [0.1, 0.15) is 5.75 Å². The molecule has 0 heterocycles. The lowest BCUT2D eigenvalue weighted by Gasteiger charge is -2.20. The fourth-order valence-corrected chi connectivity index (χ4v) is 2.81. The summed E-state index contributed by atoms with van der Waals surface area (Å²) in [5.74, 6) is -0.357. The normalized spacial score (nSPS) is 12.6. The molecule has 26 heavy (non-hydrogen) atoms. The molecule has 1 atom stereocenters. The first-order chi connectivity index (χ1) is 12.3. The lowest BCUT2D eigenvalue weighted by Crippen LogP contribution is -2.29. The van der Waals surface area contributed by atoms with Crippen molar-refractivity contribution in [2.45, 2.75) is 64.9 Å². The molecule has 2 rings (SSSR count). The fourth-order valence-electron chi connectivity index (χ4n) is 2.81. The van der Waals surface area contributed by atoms with E-state index in [1.54, 1.807) is 0 Å². The molecule has 0 radical (unpaired) electrons. The zero-order valence-corrected chi connectivity index (χ0v) is 16.3. The molecule has 0 fully saturated rings. The molecule has 0 aliphatic heterocycles. The molecule has 3 heteroatoms. The van der Waals surface area contributed by atoms with Gasteiger partial charge in [-0.2, -0.15) is 0 Å². The average molecular weight is 354 g/mol. The van der Waals surface area contributed by atoms with Gasteiger partial charge in [0.15, 0.2) is 6.10 Å². The van der Waals surface area contributed by atoms with E-state index >= 15 is 0 Å². The Kier molecular flexibility index (Phi) is 6.84. The Hall–Kier alpha value is -2.29. The maximum atomic E-state index is 11.6. The van der Waals surface area contributed by atoms with Gasteiger partial charge in [0.25, 0.3) is 0 Å². The topological polar surface area (TPSA) is 46.5 Å². The van der Waals surface area contributed by atoms with Crippen molar-refractivity contribution in [3.05, 3.63) is 65.2 Å². The zero-order chi connectivity index (χ0) is 19.2. The second-order valence-electron chi connectivity index (χ2n) is 7.84. The summed E-state index contributed by atoms with van der Waals surface area (Å²) in [6.45, 7) is 8.62. The quantitative estimate of drug-likeness (QED) is 0.690. The number of unbranched alkanes of at least 4 members (excludes halogenated alkanes) is 1. The predicted molar refractivity (Wildman–Crippen MR) is 106 cm³/mol. The Balaban J connectivity index is 2.03. The first kappa shape index (κ1) is 20.0. The summed E-state index contributed by atoms with van der Waals surface area (Å²) >= 11 is 0. The first-order valence-electron chi connectivity index (χ1n) is 9.37. The van der Waals surface area contributed by atoms with Gasteiger partial charge in [-0.25, -0.2) is 4.79 Å². The summed E-state index contributed by atoms with van der Waals surface area (Å²) in [6.07, 6.45) is 2.87. The van der Waals surface area contributed by atoms with Crippen molar-refractivity contribution >= 4 is 5.97 Å². The van der Waals surface area contributed by atoms with Gasteiger partial charge in [-0.1, -0.05) is 70.5 Å². The van der Waals surface area contributed by atoms with E-state index in [1.807, 2.05) is 36.4 Å². The lowest BCUT2D eigenvalue weighted by atomic mass is 9.87. The van der Waals surface area contributed by atoms with Crippen LogP contribution in [0.4, 0.5) is 0 Å². The van der Waals surface area contributed by atoms with Crippen LogP contribution in [0, 0.1) is 0 Å². The van der Waals surface area contributed by atoms with Crippen molar-refractivity contribution in [1.82, 2.24) is 0 Å². The van der Waals surface area contributed by atoms with Crippen molar-refractivity contribution < 1.29 is 14.6 Å². The number of carboxylic acids is 1. The van der Waals surface area contributed by atoms with E-state index in [2.05, 4.69) is 39.8 Å². The van der Waals surface area contributed by atoms with Gasteiger partial charge in [0, 0.05) is 6.42 Å². The number of aryl methyl sites for hydroxylation is 1. The third-order valence-corrected chi connectivity index (χ3v) is 4.54. The standard InChI is InChI=1S/C23H30O3/c1-5-6-7-17-8-10-18(11-9-17)16-21(22(24)25)26-20-14-12-19(13-15-20)23(2,3)4/h8-15,21H,5-7,16H2,1-4H3,(H,24,25)/t21-/m0/s1. The van der Waals surface area contributed by atoms with E-state index in [0.29, 0.717) is 12.2 Å². The highest BCUT2D eigenvalue weighted by Crippen LogP contribution is 2.25. The summed E-state index contributed by atoms with van der Waals surface area (Å²) in [5.41, 5.74) is 3.52. The van der Waals surface area contributed by atoms with Crippen LogP contribution < -0.4 is 4.74 Å². The molecule has 0 aliphatic rings. The van der Waals surface area contributed by atoms with Crippen LogP contribution in [-0.4, -0.2) is 17.2 Å². The van der Waals surface area contributed by atoms with Crippen molar-refractivity contribution in [1.29, 1.82) is 0 Å². The van der Waals surface area contributed by atoms with Crippen LogP contribution in [0.1, 0.15) is 57.2 Å². The number of carboxylic acid groups (broad SMARTS) is 1. The molecule has 0 bridgehead atoms. The summed E-state index contributed by atoms with van der Waals surface area (Å²) in [5, 5.41) is 9.53. The molecule has 2 aromatic rings. The summed E-state index contributed by atoms with van der Waals surface area (Å²) in [4.78, 5) is 11.6. The molecular formula is C23H30O3. The zero-order valence-electron chi connectivity index (χ0n) is 16.3. The minimum Gasteiger partial charge on any atom is -0.478 e. The fraction of sp³-hybridized carbons (Fsp3) is 0.435. The molecular weight excluding hydrogens is 324 g/mol. The summed E-state index contributed by atoms with van der Waals surface area (Å²) in [7, 11) is 0. The molecule has 0 unspecified atom stereocenters. The van der Waals surface area contributed by atoms with Crippen LogP contribution >= 0.6 is 0 Å². The SMILES string of the molecule is CCCCc1ccc(C[C@H](Oc2ccc(C(C)(C)C)cc2)C(=O)O)cc1. The van der Waals surface area contributed by atoms with E-state index in [0.717, 1.165) is 12.0 Å². The number of benzene rings is 2. The molecule has 3 nitrogen and oxygen atoms in total. The second kappa shape index (κ2) is 8.88. The highest BCUT2D eigenvalue weighted by atomic mass is 16.5. The molecule has 2 aromatic carbocycles. The van der Waals surface area contributed by atoms with Gasteiger partial charge in [-0.15, -0.1) is 0 Å².